The molecule has 25 heavy (non-hydrogen) atoms. The summed E-state index contributed by atoms with van der Waals surface area (Å²) in [6.07, 6.45) is 0. The van der Waals surface area contributed by atoms with Crippen LogP contribution in [0.1, 0.15) is 0 Å². The molecule has 0 aliphatic rings. The first-order chi connectivity index (χ1) is 11.8. The Kier molecular flexibility index (Phi) is 8.91. The van der Waals surface area contributed by atoms with Gasteiger partial charge in [0.15, 0.2) is 13.2 Å². The van der Waals surface area contributed by atoms with Gasteiger partial charge in [-0.1, -0.05) is 34.8 Å². The SMILES string of the molecule is O=C(O)COc1ccc(Cl)cc1.O=C(O)COc1ccc(Cl)cc1Cl. The predicted molar refractivity (Wildman–Crippen MR) is 94.2 cm³/mol. The van der Waals surface area contributed by atoms with Gasteiger partial charge in [0.05, 0.1) is 5.02 Å². The quantitative estimate of drug-likeness (QED) is 0.743. The molecule has 0 radical (unpaired) electrons. The molecule has 0 saturated heterocycles. The van der Waals surface area contributed by atoms with Gasteiger partial charge in [-0.25, -0.2) is 9.59 Å². The van der Waals surface area contributed by atoms with Gasteiger partial charge < -0.3 is 19.7 Å². The van der Waals surface area contributed by atoms with Crippen LogP contribution in [0.5, 0.6) is 11.5 Å². The standard InChI is InChI=1S/C8H6Cl2O3.C8H7ClO3/c9-5-1-2-7(6(10)3-5)13-4-8(11)12;9-6-1-3-7(4-2-6)12-5-8(10)11/h1-3H,4H2,(H,11,12);1-4H,5H2,(H,10,11). The highest BCUT2D eigenvalue weighted by Crippen LogP contribution is 2.27. The van der Waals surface area contributed by atoms with E-state index in [0.717, 1.165) is 0 Å². The summed E-state index contributed by atoms with van der Waals surface area (Å²) in [5.41, 5.74) is 0. The summed E-state index contributed by atoms with van der Waals surface area (Å²) < 4.78 is 9.73. The predicted octanol–water partition coefficient (Wildman–Crippen LogP) is 4.26. The van der Waals surface area contributed by atoms with E-state index in [1.807, 2.05) is 0 Å². The zero-order valence-corrected chi connectivity index (χ0v) is 14.9. The highest BCUT2D eigenvalue weighted by atomic mass is 35.5. The van der Waals surface area contributed by atoms with Gasteiger partial charge in [-0.3, -0.25) is 0 Å². The molecule has 2 aromatic rings. The second-order valence-corrected chi connectivity index (χ2v) is 5.67. The molecule has 0 spiro atoms. The number of ether oxygens (including phenoxy) is 2. The van der Waals surface area contributed by atoms with Gasteiger partial charge in [-0.2, -0.15) is 0 Å². The number of rotatable bonds is 6. The smallest absolute Gasteiger partial charge is 0.341 e. The number of carbonyl (C=O) groups is 2. The molecule has 134 valence electrons. The average molecular weight is 408 g/mol. The third-order valence-electron chi connectivity index (χ3n) is 2.42. The average Bonchev–Trinajstić information content (AvgIpc) is 2.54. The van der Waals surface area contributed by atoms with Crippen LogP contribution in [0.4, 0.5) is 0 Å². The van der Waals surface area contributed by atoms with Gasteiger partial charge in [-0.05, 0) is 42.5 Å². The Morgan fingerprint density at radius 1 is 0.800 bits per heavy atom. The molecule has 0 heterocycles. The number of hydrogen-bond donors (Lipinski definition) is 2. The maximum absolute atomic E-state index is 10.2. The Bertz CT molecular complexity index is 718. The maximum Gasteiger partial charge on any atom is 0.341 e. The summed E-state index contributed by atoms with van der Waals surface area (Å²) in [4.78, 5) is 20.2. The van der Waals surface area contributed by atoms with Crippen LogP contribution >= 0.6 is 34.8 Å². The molecular formula is C16H13Cl3O6. The highest BCUT2D eigenvalue weighted by molar-refractivity contribution is 6.35. The summed E-state index contributed by atoms with van der Waals surface area (Å²) in [5, 5.41) is 18.0. The van der Waals surface area contributed by atoms with Crippen molar-refractivity contribution in [3.05, 3.63) is 57.5 Å². The molecule has 0 fully saturated rings. The first-order valence-corrected chi connectivity index (χ1v) is 7.81. The lowest BCUT2D eigenvalue weighted by Gasteiger charge is -2.04. The first-order valence-electron chi connectivity index (χ1n) is 6.67. The zero-order chi connectivity index (χ0) is 18.8. The van der Waals surface area contributed by atoms with Crippen molar-refractivity contribution >= 4 is 46.7 Å². The summed E-state index contributed by atoms with van der Waals surface area (Å²) >= 11 is 16.9. The fourth-order valence-corrected chi connectivity index (χ4v) is 2.00. The van der Waals surface area contributed by atoms with Crippen LogP contribution in [0.15, 0.2) is 42.5 Å². The van der Waals surface area contributed by atoms with Crippen LogP contribution in [0.3, 0.4) is 0 Å². The van der Waals surface area contributed by atoms with Gasteiger partial charge in [0, 0.05) is 10.0 Å². The Balaban J connectivity index is 0.000000251. The fourth-order valence-electron chi connectivity index (χ4n) is 1.41. The van der Waals surface area contributed by atoms with Gasteiger partial charge in [0.1, 0.15) is 11.5 Å². The van der Waals surface area contributed by atoms with E-state index >= 15 is 0 Å². The summed E-state index contributed by atoms with van der Waals surface area (Å²) in [6, 6.07) is 11.1. The molecule has 0 aliphatic heterocycles. The van der Waals surface area contributed by atoms with Crippen LogP contribution in [-0.4, -0.2) is 35.4 Å². The summed E-state index contributed by atoms with van der Waals surface area (Å²) in [7, 11) is 0. The fraction of sp³-hybridized carbons (Fsp3) is 0.125. The molecule has 0 bridgehead atoms. The molecular weight excluding hydrogens is 395 g/mol. The number of aliphatic carboxylic acids is 2. The van der Waals surface area contributed by atoms with Crippen LogP contribution in [0.2, 0.25) is 15.1 Å². The number of carboxylic acids is 2. The topological polar surface area (TPSA) is 93.1 Å². The van der Waals surface area contributed by atoms with E-state index in [-0.39, 0.29) is 6.61 Å². The monoisotopic (exact) mass is 406 g/mol. The third kappa shape index (κ3) is 9.05. The van der Waals surface area contributed by atoms with Crippen molar-refractivity contribution in [2.24, 2.45) is 0 Å². The molecule has 0 amide bonds. The lowest BCUT2D eigenvalue weighted by molar-refractivity contribution is -0.140. The molecule has 9 heteroatoms. The van der Waals surface area contributed by atoms with E-state index in [1.165, 1.54) is 12.1 Å². The Morgan fingerprint density at radius 2 is 1.32 bits per heavy atom. The third-order valence-corrected chi connectivity index (χ3v) is 3.20. The zero-order valence-electron chi connectivity index (χ0n) is 12.6. The van der Waals surface area contributed by atoms with Crippen LogP contribution in [-0.2, 0) is 9.59 Å². The van der Waals surface area contributed by atoms with Gasteiger partial charge in [0.2, 0.25) is 0 Å². The van der Waals surface area contributed by atoms with Crippen molar-refractivity contribution in [3.8, 4) is 11.5 Å². The van der Waals surface area contributed by atoms with Crippen molar-refractivity contribution in [1.29, 1.82) is 0 Å². The molecule has 0 aromatic heterocycles. The lowest BCUT2D eigenvalue weighted by Crippen LogP contribution is -2.09. The molecule has 2 N–H and O–H groups in total. The van der Waals surface area contributed by atoms with Gasteiger partial charge in [-0.15, -0.1) is 0 Å². The van der Waals surface area contributed by atoms with Crippen molar-refractivity contribution in [2.45, 2.75) is 0 Å². The largest absolute Gasteiger partial charge is 0.482 e. The van der Waals surface area contributed by atoms with Crippen LogP contribution < -0.4 is 9.47 Å². The van der Waals surface area contributed by atoms with E-state index in [2.05, 4.69) is 0 Å². The Labute approximate surface area is 158 Å². The van der Waals surface area contributed by atoms with E-state index in [1.54, 1.807) is 30.3 Å². The minimum Gasteiger partial charge on any atom is -0.482 e. The Hall–Kier alpha value is -2.15. The molecule has 0 atom stereocenters. The second-order valence-electron chi connectivity index (χ2n) is 4.39. The van der Waals surface area contributed by atoms with Crippen molar-refractivity contribution in [3.63, 3.8) is 0 Å². The van der Waals surface area contributed by atoms with E-state index in [0.29, 0.717) is 26.6 Å². The van der Waals surface area contributed by atoms with E-state index < -0.39 is 18.5 Å². The normalized spacial score (nSPS) is 9.56. The van der Waals surface area contributed by atoms with Crippen LogP contribution in [0, 0.1) is 0 Å². The maximum atomic E-state index is 10.2. The number of benzene rings is 2. The molecule has 0 aliphatic carbocycles. The van der Waals surface area contributed by atoms with Crippen molar-refractivity contribution in [2.75, 3.05) is 13.2 Å². The molecule has 0 unspecified atom stereocenters. The molecule has 2 aromatic carbocycles. The first kappa shape index (κ1) is 20.9. The second kappa shape index (κ2) is 10.7. The molecule has 0 saturated carbocycles. The molecule has 2 rings (SSSR count). The number of halogens is 3. The summed E-state index contributed by atoms with van der Waals surface area (Å²) in [5.74, 6) is -1.23. The van der Waals surface area contributed by atoms with Crippen LogP contribution in [0.25, 0.3) is 0 Å². The Morgan fingerprint density at radius 3 is 1.84 bits per heavy atom. The van der Waals surface area contributed by atoms with Gasteiger partial charge in [0.25, 0.3) is 0 Å². The minimum atomic E-state index is -1.05. The van der Waals surface area contributed by atoms with Crippen molar-refractivity contribution in [1.82, 2.24) is 0 Å². The number of hydrogen-bond acceptors (Lipinski definition) is 4. The van der Waals surface area contributed by atoms with Crippen molar-refractivity contribution < 1.29 is 29.3 Å². The summed E-state index contributed by atoms with van der Waals surface area (Å²) in [6.45, 7) is -0.747. The number of carboxylic acid groups (broad SMARTS) is 2. The lowest BCUT2D eigenvalue weighted by atomic mass is 10.3. The highest BCUT2D eigenvalue weighted by Gasteiger charge is 2.04. The van der Waals surface area contributed by atoms with E-state index in [9.17, 15) is 9.59 Å². The van der Waals surface area contributed by atoms with E-state index in [4.69, 9.17) is 54.5 Å². The molecule has 6 nitrogen and oxygen atoms in total. The minimum absolute atomic E-state index is 0.300. The van der Waals surface area contributed by atoms with Gasteiger partial charge >= 0.3 is 11.9 Å².